The Morgan fingerprint density at radius 1 is 1.35 bits per heavy atom. The third kappa shape index (κ3) is 4.08. The molecule has 0 fully saturated rings. The minimum atomic E-state index is 0.0829. The monoisotopic (exact) mass is 311 g/mol. The molecule has 0 aromatic carbocycles. The molecule has 2 aromatic rings. The molecule has 0 aliphatic carbocycles. The van der Waals surface area contributed by atoms with Crippen molar-refractivity contribution in [2.45, 2.75) is 39.2 Å². The molecular formula is C15H22ClN3S. The molecule has 0 aliphatic rings. The summed E-state index contributed by atoms with van der Waals surface area (Å²) in [6.07, 6.45) is 3.12. The summed E-state index contributed by atoms with van der Waals surface area (Å²) in [6.45, 7) is 8.42. The lowest BCUT2D eigenvalue weighted by atomic mass is 9.89. The van der Waals surface area contributed by atoms with E-state index in [0.29, 0.717) is 0 Å². The van der Waals surface area contributed by atoms with Crippen molar-refractivity contribution in [1.82, 2.24) is 15.1 Å². The Labute approximate surface area is 130 Å². The normalized spacial score (nSPS) is 12.1. The van der Waals surface area contributed by atoms with Gasteiger partial charge in [0.25, 0.3) is 0 Å². The van der Waals surface area contributed by atoms with Crippen LogP contribution in [0.5, 0.6) is 0 Å². The van der Waals surface area contributed by atoms with Crippen LogP contribution < -0.4 is 5.32 Å². The molecule has 0 unspecified atom stereocenters. The number of halogens is 1. The predicted molar refractivity (Wildman–Crippen MR) is 86.6 cm³/mol. The predicted octanol–water partition coefficient (Wildman–Crippen LogP) is 3.76. The van der Waals surface area contributed by atoms with Gasteiger partial charge in [-0.1, -0.05) is 32.4 Å². The molecule has 110 valence electrons. The summed E-state index contributed by atoms with van der Waals surface area (Å²) in [4.78, 5) is 1.32. The van der Waals surface area contributed by atoms with Crippen molar-refractivity contribution in [1.29, 1.82) is 0 Å². The number of hydrogen-bond acceptors (Lipinski definition) is 3. The Morgan fingerprint density at radius 3 is 2.70 bits per heavy atom. The highest BCUT2D eigenvalue weighted by Gasteiger charge is 2.21. The zero-order valence-corrected chi connectivity index (χ0v) is 14.1. The van der Waals surface area contributed by atoms with Crippen LogP contribution in [0.1, 0.15) is 36.9 Å². The van der Waals surface area contributed by atoms with Crippen molar-refractivity contribution in [2.24, 2.45) is 7.05 Å². The zero-order chi connectivity index (χ0) is 14.8. The van der Waals surface area contributed by atoms with Gasteiger partial charge in [0.05, 0.1) is 10.0 Å². The first kappa shape index (κ1) is 15.5. The Morgan fingerprint density at radius 2 is 2.10 bits per heavy atom. The van der Waals surface area contributed by atoms with Crippen molar-refractivity contribution in [3.63, 3.8) is 0 Å². The van der Waals surface area contributed by atoms with Crippen LogP contribution >= 0.6 is 22.9 Å². The standard InChI is InChI=1S/C15H22ClN3S/c1-15(2,3)14-11(10-19(4)18-14)9-17-8-7-12-5-6-13(16)20-12/h5-6,10,17H,7-9H2,1-4H3. The van der Waals surface area contributed by atoms with Gasteiger partial charge >= 0.3 is 0 Å². The van der Waals surface area contributed by atoms with E-state index in [4.69, 9.17) is 11.6 Å². The fraction of sp³-hybridized carbons (Fsp3) is 0.533. The molecular weight excluding hydrogens is 290 g/mol. The van der Waals surface area contributed by atoms with E-state index in [1.165, 1.54) is 16.1 Å². The first-order valence-corrected chi connectivity index (χ1v) is 8.03. The maximum atomic E-state index is 5.93. The Balaban J connectivity index is 1.88. The molecule has 0 atom stereocenters. The number of rotatable bonds is 5. The van der Waals surface area contributed by atoms with Crippen molar-refractivity contribution in [2.75, 3.05) is 6.54 Å². The first-order chi connectivity index (χ1) is 9.36. The van der Waals surface area contributed by atoms with Gasteiger partial charge < -0.3 is 5.32 Å². The summed E-state index contributed by atoms with van der Waals surface area (Å²) in [5, 5.41) is 8.08. The number of aryl methyl sites for hydroxylation is 1. The number of aromatic nitrogens is 2. The molecule has 0 saturated heterocycles. The third-order valence-corrected chi connectivity index (χ3v) is 4.40. The van der Waals surface area contributed by atoms with Gasteiger partial charge in [0.1, 0.15) is 0 Å². The Bertz CT molecular complexity index is 566. The fourth-order valence-corrected chi connectivity index (χ4v) is 3.31. The van der Waals surface area contributed by atoms with Crippen LogP contribution in [0.15, 0.2) is 18.3 Å². The van der Waals surface area contributed by atoms with Crippen LogP contribution in [-0.4, -0.2) is 16.3 Å². The molecule has 0 saturated carbocycles. The highest BCUT2D eigenvalue weighted by molar-refractivity contribution is 7.16. The minimum absolute atomic E-state index is 0.0829. The molecule has 2 heterocycles. The van der Waals surface area contributed by atoms with Crippen molar-refractivity contribution in [3.05, 3.63) is 38.8 Å². The van der Waals surface area contributed by atoms with Gasteiger partial charge in [-0.2, -0.15) is 5.10 Å². The second-order valence-corrected chi connectivity index (χ2v) is 7.86. The summed E-state index contributed by atoms with van der Waals surface area (Å²) in [5.41, 5.74) is 2.54. The van der Waals surface area contributed by atoms with E-state index in [1.807, 2.05) is 17.8 Å². The van der Waals surface area contributed by atoms with Gasteiger partial charge in [0.2, 0.25) is 0 Å². The molecule has 0 aliphatic heterocycles. The van der Waals surface area contributed by atoms with E-state index in [9.17, 15) is 0 Å². The number of thiophene rings is 1. The average molecular weight is 312 g/mol. The van der Waals surface area contributed by atoms with E-state index in [-0.39, 0.29) is 5.41 Å². The number of nitrogens with zero attached hydrogens (tertiary/aromatic N) is 2. The fourth-order valence-electron chi connectivity index (χ4n) is 2.22. The summed E-state index contributed by atoms with van der Waals surface area (Å²) < 4.78 is 2.76. The summed E-state index contributed by atoms with van der Waals surface area (Å²) >= 11 is 7.58. The first-order valence-electron chi connectivity index (χ1n) is 6.84. The minimum Gasteiger partial charge on any atom is -0.312 e. The van der Waals surface area contributed by atoms with Crippen LogP contribution in [-0.2, 0) is 25.4 Å². The third-order valence-electron chi connectivity index (χ3n) is 3.11. The van der Waals surface area contributed by atoms with Crippen molar-refractivity contribution in [3.8, 4) is 0 Å². The maximum absolute atomic E-state index is 5.93. The Kier molecular flexibility index (Phi) is 4.89. The maximum Gasteiger partial charge on any atom is 0.0931 e. The second kappa shape index (κ2) is 6.29. The molecule has 2 rings (SSSR count). The Hall–Kier alpha value is -0.840. The SMILES string of the molecule is Cn1cc(CNCCc2ccc(Cl)s2)c(C(C)(C)C)n1. The van der Waals surface area contributed by atoms with Gasteiger partial charge in [-0.3, -0.25) is 4.68 Å². The van der Waals surface area contributed by atoms with E-state index in [1.54, 1.807) is 11.3 Å². The molecule has 0 spiro atoms. The van der Waals surface area contributed by atoms with Crippen molar-refractivity contribution < 1.29 is 0 Å². The summed E-state index contributed by atoms with van der Waals surface area (Å²) in [6, 6.07) is 4.06. The molecule has 5 heteroatoms. The van der Waals surface area contributed by atoms with Crippen LogP contribution in [0.25, 0.3) is 0 Å². The van der Waals surface area contributed by atoms with E-state index < -0.39 is 0 Å². The van der Waals surface area contributed by atoms with Crippen molar-refractivity contribution >= 4 is 22.9 Å². The van der Waals surface area contributed by atoms with Crippen LogP contribution in [0.2, 0.25) is 4.34 Å². The lowest BCUT2D eigenvalue weighted by Gasteiger charge is -2.17. The molecule has 2 aromatic heterocycles. The largest absolute Gasteiger partial charge is 0.312 e. The van der Waals surface area contributed by atoms with Crippen LogP contribution in [0.3, 0.4) is 0 Å². The van der Waals surface area contributed by atoms with Gasteiger partial charge in [-0.15, -0.1) is 11.3 Å². The molecule has 0 bridgehead atoms. The lowest BCUT2D eigenvalue weighted by molar-refractivity contribution is 0.543. The van der Waals surface area contributed by atoms with E-state index in [0.717, 1.165) is 23.8 Å². The molecule has 0 amide bonds. The summed E-state index contributed by atoms with van der Waals surface area (Å²) in [5.74, 6) is 0. The number of hydrogen-bond donors (Lipinski definition) is 1. The molecule has 1 N–H and O–H groups in total. The smallest absolute Gasteiger partial charge is 0.0931 e. The zero-order valence-electron chi connectivity index (χ0n) is 12.5. The molecule has 20 heavy (non-hydrogen) atoms. The van der Waals surface area contributed by atoms with Crippen LogP contribution in [0, 0.1) is 0 Å². The van der Waals surface area contributed by atoms with Crippen LogP contribution in [0.4, 0.5) is 0 Å². The van der Waals surface area contributed by atoms with Gasteiger partial charge in [0.15, 0.2) is 0 Å². The lowest BCUT2D eigenvalue weighted by Crippen LogP contribution is -2.20. The van der Waals surface area contributed by atoms with E-state index in [2.05, 4.69) is 43.4 Å². The van der Waals surface area contributed by atoms with Gasteiger partial charge in [-0.05, 0) is 18.6 Å². The average Bonchev–Trinajstić information content (AvgIpc) is 2.90. The number of nitrogens with one attached hydrogen (secondary N) is 1. The quantitative estimate of drug-likeness (QED) is 0.852. The van der Waals surface area contributed by atoms with Gasteiger partial charge in [-0.25, -0.2) is 0 Å². The molecule has 3 nitrogen and oxygen atoms in total. The second-order valence-electron chi connectivity index (χ2n) is 6.06. The highest BCUT2D eigenvalue weighted by Crippen LogP contribution is 2.24. The molecule has 0 radical (unpaired) electrons. The topological polar surface area (TPSA) is 29.9 Å². The summed E-state index contributed by atoms with van der Waals surface area (Å²) in [7, 11) is 1.98. The van der Waals surface area contributed by atoms with E-state index >= 15 is 0 Å². The highest BCUT2D eigenvalue weighted by atomic mass is 35.5. The van der Waals surface area contributed by atoms with Gasteiger partial charge in [0, 0.05) is 42.2 Å².